The van der Waals surface area contributed by atoms with Crippen LogP contribution in [0.25, 0.3) is 0 Å². The molecule has 0 saturated heterocycles. The average molecular weight is 186 g/mol. The quantitative estimate of drug-likeness (QED) is 0.589. The van der Waals surface area contributed by atoms with E-state index in [2.05, 4.69) is 5.32 Å². The molecular weight excluding hydrogens is 172 g/mol. The normalized spacial score (nSPS) is 11.8. The summed E-state index contributed by atoms with van der Waals surface area (Å²) in [6.07, 6.45) is -0.0259. The van der Waals surface area contributed by atoms with E-state index in [0.717, 1.165) is 0 Å². The van der Waals surface area contributed by atoms with Gasteiger partial charge in [0.2, 0.25) is 11.8 Å². The van der Waals surface area contributed by atoms with Crippen molar-refractivity contribution in [1.29, 1.82) is 0 Å². The maximum Gasteiger partial charge on any atom is 0.223 e. The van der Waals surface area contributed by atoms with Gasteiger partial charge in [-0.15, -0.1) is 0 Å². The molecule has 5 nitrogen and oxygen atoms in total. The first-order valence-corrected chi connectivity index (χ1v) is 3.96. The van der Waals surface area contributed by atoms with Crippen LogP contribution < -0.4 is 11.1 Å². The summed E-state index contributed by atoms with van der Waals surface area (Å²) in [5.41, 5.74) is 4.93. The van der Waals surface area contributed by atoms with Crippen LogP contribution in [0, 0.1) is 5.92 Å². The van der Waals surface area contributed by atoms with Gasteiger partial charge >= 0.3 is 0 Å². The third-order valence-electron chi connectivity index (χ3n) is 1.60. The van der Waals surface area contributed by atoms with Crippen molar-refractivity contribution in [2.45, 2.75) is 19.8 Å². The van der Waals surface area contributed by atoms with Crippen LogP contribution in [-0.2, 0) is 14.4 Å². The largest absolute Gasteiger partial charge is 0.370 e. The lowest BCUT2D eigenvalue weighted by atomic mass is 9.98. The lowest BCUT2D eigenvalue weighted by Crippen LogP contribution is -2.32. The van der Waals surface area contributed by atoms with E-state index in [-0.39, 0.29) is 24.5 Å². The number of ketones is 1. The Hall–Kier alpha value is -1.39. The summed E-state index contributed by atoms with van der Waals surface area (Å²) in [5, 5.41) is 2.38. The third kappa shape index (κ3) is 4.95. The fourth-order valence-electron chi connectivity index (χ4n) is 1.05. The third-order valence-corrected chi connectivity index (χ3v) is 1.60. The number of amides is 2. The summed E-state index contributed by atoms with van der Waals surface area (Å²) in [6.45, 7) is 1.37. The van der Waals surface area contributed by atoms with Crippen molar-refractivity contribution in [2.24, 2.45) is 11.7 Å². The van der Waals surface area contributed by atoms with E-state index < -0.39 is 11.8 Å². The van der Waals surface area contributed by atoms with Gasteiger partial charge in [0.05, 0.1) is 5.92 Å². The van der Waals surface area contributed by atoms with Gasteiger partial charge in [-0.05, 0) is 6.92 Å². The van der Waals surface area contributed by atoms with E-state index in [9.17, 15) is 14.4 Å². The number of carbonyl (C=O) groups excluding carboxylic acids is 3. The van der Waals surface area contributed by atoms with Crippen molar-refractivity contribution in [3.05, 3.63) is 0 Å². The molecule has 13 heavy (non-hydrogen) atoms. The van der Waals surface area contributed by atoms with E-state index in [4.69, 9.17) is 5.73 Å². The van der Waals surface area contributed by atoms with Gasteiger partial charge in [0.15, 0.2) is 0 Å². The standard InChI is InChI=1S/C8H14N2O3/c1-5(11)3-6(4-7(9)12)8(13)10-2/h6H,3-4H2,1-2H3,(H2,9,12)(H,10,13)/t6-/m0/s1. The Morgan fingerprint density at radius 3 is 2.15 bits per heavy atom. The maximum atomic E-state index is 11.1. The monoisotopic (exact) mass is 186 g/mol. The van der Waals surface area contributed by atoms with Crippen LogP contribution in [0.3, 0.4) is 0 Å². The predicted molar refractivity (Wildman–Crippen MR) is 46.7 cm³/mol. The van der Waals surface area contributed by atoms with E-state index in [1.165, 1.54) is 14.0 Å². The smallest absolute Gasteiger partial charge is 0.223 e. The molecule has 0 spiro atoms. The summed E-state index contributed by atoms with van der Waals surface area (Å²) >= 11 is 0. The van der Waals surface area contributed by atoms with Gasteiger partial charge in [0.25, 0.3) is 0 Å². The number of Topliss-reactive ketones (excluding diaryl/α,β-unsaturated/α-hetero) is 1. The molecule has 0 aliphatic carbocycles. The van der Waals surface area contributed by atoms with Gasteiger partial charge in [-0.3, -0.25) is 9.59 Å². The van der Waals surface area contributed by atoms with Crippen LogP contribution in [0.2, 0.25) is 0 Å². The second-order valence-electron chi connectivity index (χ2n) is 2.89. The summed E-state index contributed by atoms with van der Waals surface area (Å²) in [5.74, 6) is -1.65. The van der Waals surface area contributed by atoms with Gasteiger partial charge in [0.1, 0.15) is 5.78 Å². The molecule has 2 amide bonds. The molecular formula is C8H14N2O3. The van der Waals surface area contributed by atoms with Gasteiger partial charge in [-0.25, -0.2) is 0 Å². The molecule has 0 aliphatic heterocycles. The number of nitrogens with two attached hydrogens (primary N) is 1. The van der Waals surface area contributed by atoms with Crippen molar-refractivity contribution in [3.63, 3.8) is 0 Å². The minimum absolute atomic E-state index is 0.0581. The van der Waals surface area contributed by atoms with Crippen LogP contribution in [0.5, 0.6) is 0 Å². The van der Waals surface area contributed by atoms with Crippen molar-refractivity contribution in [3.8, 4) is 0 Å². The van der Waals surface area contributed by atoms with Crippen LogP contribution in [-0.4, -0.2) is 24.6 Å². The lowest BCUT2D eigenvalue weighted by Gasteiger charge is -2.10. The molecule has 0 heterocycles. The molecule has 0 rings (SSSR count). The first-order chi connectivity index (χ1) is 5.97. The fourth-order valence-corrected chi connectivity index (χ4v) is 1.05. The molecule has 0 radical (unpaired) electrons. The molecule has 0 aliphatic rings. The molecule has 0 aromatic carbocycles. The highest BCUT2D eigenvalue weighted by atomic mass is 16.2. The van der Waals surface area contributed by atoms with Crippen molar-refractivity contribution < 1.29 is 14.4 Å². The number of hydrogen-bond donors (Lipinski definition) is 2. The Balaban J connectivity index is 4.26. The zero-order valence-electron chi connectivity index (χ0n) is 7.79. The van der Waals surface area contributed by atoms with Crippen molar-refractivity contribution in [1.82, 2.24) is 5.32 Å². The summed E-state index contributed by atoms with van der Waals surface area (Å²) in [4.78, 5) is 32.4. The molecule has 0 unspecified atom stereocenters. The van der Waals surface area contributed by atoms with Crippen LogP contribution in [0.15, 0.2) is 0 Å². The van der Waals surface area contributed by atoms with Gasteiger partial charge < -0.3 is 15.8 Å². The molecule has 5 heteroatoms. The highest BCUT2D eigenvalue weighted by molar-refractivity contribution is 5.89. The zero-order chi connectivity index (χ0) is 10.4. The molecule has 0 fully saturated rings. The second-order valence-corrected chi connectivity index (χ2v) is 2.89. The molecule has 1 atom stereocenters. The molecule has 0 aromatic heterocycles. The number of rotatable bonds is 5. The molecule has 0 aromatic rings. The van der Waals surface area contributed by atoms with E-state index in [1.807, 2.05) is 0 Å². The van der Waals surface area contributed by atoms with Crippen molar-refractivity contribution in [2.75, 3.05) is 7.05 Å². The second kappa shape index (κ2) is 5.29. The summed E-state index contributed by atoms with van der Waals surface area (Å²) in [6, 6.07) is 0. The van der Waals surface area contributed by atoms with E-state index in [0.29, 0.717) is 0 Å². The van der Waals surface area contributed by atoms with Gasteiger partial charge in [-0.2, -0.15) is 0 Å². The number of hydrogen-bond acceptors (Lipinski definition) is 3. The summed E-state index contributed by atoms with van der Waals surface area (Å²) in [7, 11) is 1.45. The SMILES string of the molecule is CNC(=O)[C@@H](CC(C)=O)CC(N)=O. The van der Waals surface area contributed by atoms with Crippen LogP contribution in [0.4, 0.5) is 0 Å². The Labute approximate surface area is 76.7 Å². The first-order valence-electron chi connectivity index (χ1n) is 3.96. The minimum atomic E-state index is -0.625. The van der Waals surface area contributed by atoms with Crippen LogP contribution in [0.1, 0.15) is 19.8 Å². The highest BCUT2D eigenvalue weighted by Crippen LogP contribution is 2.08. The summed E-state index contributed by atoms with van der Waals surface area (Å²) < 4.78 is 0. The number of primary amides is 1. The fraction of sp³-hybridized carbons (Fsp3) is 0.625. The molecule has 74 valence electrons. The van der Waals surface area contributed by atoms with Crippen LogP contribution >= 0.6 is 0 Å². The first kappa shape index (κ1) is 11.6. The topological polar surface area (TPSA) is 89.3 Å². The van der Waals surface area contributed by atoms with E-state index in [1.54, 1.807) is 0 Å². The van der Waals surface area contributed by atoms with Gasteiger partial charge in [-0.1, -0.05) is 0 Å². The van der Waals surface area contributed by atoms with E-state index >= 15 is 0 Å². The Bertz CT molecular complexity index is 209. The Kier molecular flexibility index (Phi) is 4.72. The molecule has 0 bridgehead atoms. The zero-order valence-corrected chi connectivity index (χ0v) is 7.79. The highest BCUT2D eigenvalue weighted by Gasteiger charge is 2.20. The Morgan fingerprint density at radius 1 is 1.31 bits per heavy atom. The number of nitrogens with one attached hydrogen (secondary N) is 1. The maximum absolute atomic E-state index is 11.1. The number of carbonyl (C=O) groups is 3. The molecule has 3 N–H and O–H groups in total. The Morgan fingerprint density at radius 2 is 1.85 bits per heavy atom. The van der Waals surface area contributed by atoms with Crippen molar-refractivity contribution >= 4 is 17.6 Å². The average Bonchev–Trinajstić information content (AvgIpc) is 2.00. The lowest BCUT2D eigenvalue weighted by molar-refractivity contribution is -0.131. The minimum Gasteiger partial charge on any atom is -0.370 e. The van der Waals surface area contributed by atoms with Gasteiger partial charge in [0, 0.05) is 19.9 Å². The molecule has 0 saturated carbocycles. The predicted octanol–water partition coefficient (Wildman–Crippen LogP) is -0.797.